The maximum atomic E-state index is 12.0. The molecule has 0 aliphatic carbocycles. The lowest BCUT2D eigenvalue weighted by atomic mass is 10.1. The van der Waals surface area contributed by atoms with Gasteiger partial charge in [-0.15, -0.1) is 24.0 Å². The van der Waals surface area contributed by atoms with E-state index in [1.165, 1.54) is 0 Å². The molecule has 2 N–H and O–H groups in total. The molecule has 1 aromatic carbocycles. The van der Waals surface area contributed by atoms with Crippen LogP contribution in [0.1, 0.15) is 29.8 Å². The van der Waals surface area contributed by atoms with Crippen LogP contribution in [0, 0.1) is 0 Å². The second-order valence-corrected chi connectivity index (χ2v) is 6.23. The molecular weight excluding hydrogens is 441 g/mol. The second kappa shape index (κ2) is 13.8. The molecule has 0 atom stereocenters. The quantitative estimate of drug-likeness (QED) is 0.326. The van der Waals surface area contributed by atoms with Gasteiger partial charge in [0.1, 0.15) is 0 Å². The molecule has 0 aliphatic heterocycles. The van der Waals surface area contributed by atoms with Crippen molar-refractivity contribution in [1.82, 2.24) is 20.4 Å². The molecule has 0 bridgehead atoms. The molecule has 0 radical (unpaired) electrons. The first-order valence-corrected chi connectivity index (χ1v) is 8.99. The van der Waals surface area contributed by atoms with Crippen LogP contribution in [0.4, 0.5) is 0 Å². The minimum absolute atomic E-state index is 0. The van der Waals surface area contributed by atoms with Crippen molar-refractivity contribution < 1.29 is 4.79 Å². The number of benzene rings is 1. The van der Waals surface area contributed by atoms with Crippen molar-refractivity contribution in [1.29, 1.82) is 0 Å². The summed E-state index contributed by atoms with van der Waals surface area (Å²) in [5.41, 5.74) is 1.87. The molecule has 6 nitrogen and oxygen atoms in total. The normalized spacial score (nSPS) is 11.1. The minimum Gasteiger partial charge on any atom is -0.357 e. The van der Waals surface area contributed by atoms with Crippen LogP contribution in [0.25, 0.3) is 0 Å². The zero-order chi connectivity index (χ0) is 18.7. The van der Waals surface area contributed by atoms with Crippen LogP contribution in [0.15, 0.2) is 29.3 Å². The lowest BCUT2D eigenvalue weighted by Crippen LogP contribution is -2.39. The van der Waals surface area contributed by atoms with Crippen LogP contribution in [-0.2, 0) is 6.42 Å². The fourth-order valence-corrected chi connectivity index (χ4v) is 2.28. The summed E-state index contributed by atoms with van der Waals surface area (Å²) in [5, 5.41) is 6.62. The molecule has 1 aromatic rings. The highest BCUT2D eigenvalue weighted by atomic mass is 127. The summed E-state index contributed by atoms with van der Waals surface area (Å²) in [5.74, 6) is 0.872. The van der Waals surface area contributed by atoms with Crippen molar-refractivity contribution in [2.75, 3.05) is 53.9 Å². The fraction of sp³-hybridized carbons (Fsp3) is 0.579. The Kier molecular flexibility index (Phi) is 13.1. The van der Waals surface area contributed by atoms with E-state index in [1.54, 1.807) is 19.0 Å². The highest BCUT2D eigenvalue weighted by Crippen LogP contribution is 2.07. The van der Waals surface area contributed by atoms with Crippen LogP contribution in [0.2, 0.25) is 0 Å². The Labute approximate surface area is 175 Å². The van der Waals surface area contributed by atoms with Crippen molar-refractivity contribution in [3.05, 3.63) is 35.4 Å². The third-order valence-electron chi connectivity index (χ3n) is 3.92. The van der Waals surface area contributed by atoms with Gasteiger partial charge in [0.2, 0.25) is 0 Å². The van der Waals surface area contributed by atoms with Crippen molar-refractivity contribution in [2.24, 2.45) is 4.99 Å². The fourth-order valence-electron chi connectivity index (χ4n) is 2.28. The predicted octanol–water partition coefficient (Wildman–Crippen LogP) is 2.06. The zero-order valence-electron chi connectivity index (χ0n) is 16.7. The number of hydrogen-bond donors (Lipinski definition) is 2. The molecular formula is C19H34IN5O. The highest BCUT2D eigenvalue weighted by molar-refractivity contribution is 14.0. The molecule has 1 rings (SSSR count). The summed E-state index contributed by atoms with van der Waals surface area (Å²) in [6.07, 6.45) is 0.841. The first-order chi connectivity index (χ1) is 12.0. The lowest BCUT2D eigenvalue weighted by molar-refractivity contribution is 0.0827. The number of carbonyl (C=O) groups is 1. The van der Waals surface area contributed by atoms with Gasteiger partial charge in [0, 0.05) is 39.3 Å². The van der Waals surface area contributed by atoms with E-state index >= 15 is 0 Å². The Balaban J connectivity index is 0.00000625. The number of likely N-dealkylation sites (N-methyl/N-ethyl adjacent to an activating group) is 1. The summed E-state index contributed by atoms with van der Waals surface area (Å²) in [7, 11) is 5.63. The van der Waals surface area contributed by atoms with Crippen LogP contribution in [-0.4, -0.2) is 75.5 Å². The molecule has 1 amide bonds. The van der Waals surface area contributed by atoms with E-state index in [0.717, 1.165) is 56.2 Å². The largest absolute Gasteiger partial charge is 0.357 e. The monoisotopic (exact) mass is 475 g/mol. The van der Waals surface area contributed by atoms with Crippen molar-refractivity contribution in [3.63, 3.8) is 0 Å². The van der Waals surface area contributed by atoms with Crippen LogP contribution in [0.3, 0.4) is 0 Å². The molecule has 0 unspecified atom stereocenters. The van der Waals surface area contributed by atoms with Crippen molar-refractivity contribution >= 4 is 35.8 Å². The summed E-state index contributed by atoms with van der Waals surface area (Å²) in [6.45, 7) is 8.56. The summed E-state index contributed by atoms with van der Waals surface area (Å²) >= 11 is 0. The van der Waals surface area contributed by atoms with E-state index in [-0.39, 0.29) is 29.9 Å². The van der Waals surface area contributed by atoms with Gasteiger partial charge in [-0.05, 0) is 44.6 Å². The smallest absolute Gasteiger partial charge is 0.253 e. The summed E-state index contributed by atoms with van der Waals surface area (Å²) in [4.78, 5) is 20.5. The van der Waals surface area contributed by atoms with E-state index in [4.69, 9.17) is 0 Å². The van der Waals surface area contributed by atoms with Gasteiger partial charge < -0.3 is 20.4 Å². The van der Waals surface area contributed by atoms with E-state index in [2.05, 4.69) is 41.4 Å². The van der Waals surface area contributed by atoms with Crippen molar-refractivity contribution in [2.45, 2.75) is 20.3 Å². The first-order valence-electron chi connectivity index (χ1n) is 8.99. The Morgan fingerprint density at radius 2 is 1.88 bits per heavy atom. The van der Waals surface area contributed by atoms with Crippen LogP contribution < -0.4 is 10.6 Å². The molecule has 0 saturated heterocycles. The van der Waals surface area contributed by atoms with E-state index < -0.39 is 0 Å². The molecule has 26 heavy (non-hydrogen) atoms. The van der Waals surface area contributed by atoms with Gasteiger partial charge in [0.05, 0.1) is 6.54 Å². The maximum Gasteiger partial charge on any atom is 0.253 e. The molecule has 148 valence electrons. The number of guanidine groups is 1. The average molecular weight is 475 g/mol. The predicted molar refractivity (Wildman–Crippen MR) is 121 cm³/mol. The lowest BCUT2D eigenvalue weighted by Gasteiger charge is -2.14. The van der Waals surface area contributed by atoms with Gasteiger partial charge in [-0.2, -0.15) is 0 Å². The molecule has 0 spiro atoms. The Bertz CT molecular complexity index is 563. The zero-order valence-corrected chi connectivity index (χ0v) is 19.0. The molecule has 0 heterocycles. The topological polar surface area (TPSA) is 60.0 Å². The van der Waals surface area contributed by atoms with Gasteiger partial charge in [0.25, 0.3) is 5.91 Å². The first kappa shape index (κ1) is 24.7. The van der Waals surface area contributed by atoms with Gasteiger partial charge in [-0.3, -0.25) is 9.79 Å². The highest BCUT2D eigenvalue weighted by Gasteiger charge is 2.08. The SMILES string of the molecule is CCNC(=NCCN(C)CC)NCCc1cccc(C(=O)N(C)C)c1.I. The third-order valence-corrected chi connectivity index (χ3v) is 3.92. The van der Waals surface area contributed by atoms with Gasteiger partial charge >= 0.3 is 0 Å². The number of rotatable bonds is 9. The summed E-state index contributed by atoms with van der Waals surface area (Å²) in [6, 6.07) is 7.81. The number of nitrogens with one attached hydrogen (secondary N) is 2. The minimum atomic E-state index is 0. The molecule has 7 heteroatoms. The van der Waals surface area contributed by atoms with E-state index in [9.17, 15) is 4.79 Å². The van der Waals surface area contributed by atoms with Gasteiger partial charge in [-0.1, -0.05) is 19.1 Å². The number of nitrogens with zero attached hydrogens (tertiary/aromatic N) is 3. The van der Waals surface area contributed by atoms with Crippen molar-refractivity contribution in [3.8, 4) is 0 Å². The van der Waals surface area contributed by atoms with E-state index in [0.29, 0.717) is 0 Å². The molecule has 0 aromatic heterocycles. The summed E-state index contributed by atoms with van der Waals surface area (Å²) < 4.78 is 0. The number of hydrogen-bond acceptors (Lipinski definition) is 3. The molecule has 0 saturated carbocycles. The van der Waals surface area contributed by atoms with Crippen LogP contribution in [0.5, 0.6) is 0 Å². The molecule has 0 fully saturated rings. The number of amides is 1. The number of aliphatic imine (C=N–C) groups is 1. The second-order valence-electron chi connectivity index (χ2n) is 6.23. The Hall–Kier alpha value is -1.35. The van der Waals surface area contributed by atoms with E-state index in [1.807, 2.05) is 24.3 Å². The standard InChI is InChI=1S/C19H33N5O.HI/c1-6-20-19(22-13-14-24(5)7-2)21-12-11-16-9-8-10-17(15-16)18(25)23(3)4;/h8-10,15H,6-7,11-14H2,1-5H3,(H2,20,21,22);1H. The van der Waals surface area contributed by atoms with Gasteiger partial charge in [-0.25, -0.2) is 0 Å². The number of carbonyl (C=O) groups excluding carboxylic acids is 1. The third kappa shape index (κ3) is 9.38. The maximum absolute atomic E-state index is 12.0. The Morgan fingerprint density at radius 1 is 1.15 bits per heavy atom. The average Bonchev–Trinajstić information content (AvgIpc) is 2.61. The molecule has 0 aliphatic rings. The Morgan fingerprint density at radius 3 is 2.50 bits per heavy atom. The van der Waals surface area contributed by atoms with Gasteiger partial charge in [0.15, 0.2) is 5.96 Å². The van der Waals surface area contributed by atoms with Crippen LogP contribution >= 0.6 is 24.0 Å². The number of halogens is 1.